The van der Waals surface area contributed by atoms with Crippen molar-refractivity contribution in [3.05, 3.63) is 65.2 Å². The maximum Gasteiger partial charge on any atom is 0.295 e. The molecule has 0 radical (unpaired) electrons. The van der Waals surface area contributed by atoms with Crippen molar-refractivity contribution in [2.24, 2.45) is 0 Å². The molecule has 174 valence electrons. The highest BCUT2D eigenvalue weighted by molar-refractivity contribution is 6.46. The molecule has 7 heteroatoms. The lowest BCUT2D eigenvalue weighted by atomic mass is 9.95. The number of nitrogens with zero attached hydrogens (tertiary/aromatic N) is 1. The van der Waals surface area contributed by atoms with Gasteiger partial charge in [0.25, 0.3) is 11.7 Å². The summed E-state index contributed by atoms with van der Waals surface area (Å²) in [5, 5.41) is 11.2. The molecule has 2 fully saturated rings. The van der Waals surface area contributed by atoms with Crippen LogP contribution < -0.4 is 9.47 Å². The standard InChI is InChI=1S/C26H29NO6/c1-16(2)33-20-12-8-18(9-13-20)24(28)22-23(17-6-10-19(31-3)11-7-17)27(26(30)25(22)29)15-21-5-4-14-32-21/h6-13,16,21,23,28H,4-5,14-15H2,1-3H3/b24-22-. The largest absolute Gasteiger partial charge is 0.507 e. The van der Waals surface area contributed by atoms with Crippen molar-refractivity contribution >= 4 is 17.4 Å². The average Bonchev–Trinajstić information content (AvgIpc) is 3.41. The van der Waals surface area contributed by atoms with Gasteiger partial charge in [-0.1, -0.05) is 12.1 Å². The monoisotopic (exact) mass is 451 g/mol. The van der Waals surface area contributed by atoms with Gasteiger partial charge in [-0.2, -0.15) is 0 Å². The fourth-order valence-electron chi connectivity index (χ4n) is 4.33. The molecule has 2 heterocycles. The first-order valence-electron chi connectivity index (χ1n) is 11.2. The van der Waals surface area contributed by atoms with E-state index in [0.29, 0.717) is 35.8 Å². The summed E-state index contributed by atoms with van der Waals surface area (Å²) in [5.41, 5.74) is 1.23. The first-order chi connectivity index (χ1) is 15.9. The number of ketones is 1. The maximum atomic E-state index is 13.1. The molecule has 2 atom stereocenters. The van der Waals surface area contributed by atoms with Crippen LogP contribution >= 0.6 is 0 Å². The second-order valence-electron chi connectivity index (χ2n) is 8.55. The van der Waals surface area contributed by atoms with E-state index < -0.39 is 17.7 Å². The molecule has 2 aromatic carbocycles. The van der Waals surface area contributed by atoms with Crippen LogP contribution in [-0.2, 0) is 14.3 Å². The Labute approximate surface area is 193 Å². The smallest absolute Gasteiger partial charge is 0.295 e. The quantitative estimate of drug-likeness (QED) is 0.388. The molecule has 33 heavy (non-hydrogen) atoms. The number of hydrogen-bond acceptors (Lipinski definition) is 6. The Bertz CT molecular complexity index is 1040. The zero-order chi connectivity index (χ0) is 23.5. The van der Waals surface area contributed by atoms with Gasteiger partial charge in [0.2, 0.25) is 0 Å². The summed E-state index contributed by atoms with van der Waals surface area (Å²) >= 11 is 0. The first-order valence-corrected chi connectivity index (χ1v) is 11.2. The Kier molecular flexibility index (Phi) is 6.70. The molecule has 2 unspecified atom stereocenters. The zero-order valence-corrected chi connectivity index (χ0v) is 19.1. The number of rotatable bonds is 7. The van der Waals surface area contributed by atoms with Crippen LogP contribution in [0.4, 0.5) is 0 Å². The molecule has 2 aliphatic rings. The summed E-state index contributed by atoms with van der Waals surface area (Å²) in [6.07, 6.45) is 1.64. The van der Waals surface area contributed by atoms with E-state index in [1.165, 1.54) is 4.90 Å². The van der Waals surface area contributed by atoms with Crippen molar-refractivity contribution in [3.63, 3.8) is 0 Å². The molecule has 0 bridgehead atoms. The molecular formula is C26H29NO6. The van der Waals surface area contributed by atoms with Crippen molar-refractivity contribution in [1.82, 2.24) is 4.90 Å². The van der Waals surface area contributed by atoms with E-state index in [1.807, 2.05) is 26.0 Å². The van der Waals surface area contributed by atoms with E-state index in [-0.39, 0.29) is 23.5 Å². The Balaban J connectivity index is 1.75. The van der Waals surface area contributed by atoms with Gasteiger partial charge in [0.05, 0.1) is 30.9 Å². The van der Waals surface area contributed by atoms with Gasteiger partial charge in [0.15, 0.2) is 0 Å². The number of likely N-dealkylation sites (tertiary alicyclic amines) is 1. The van der Waals surface area contributed by atoms with Gasteiger partial charge in [-0.25, -0.2) is 0 Å². The fraction of sp³-hybridized carbons (Fsp3) is 0.385. The number of aliphatic hydroxyl groups excluding tert-OH is 1. The second kappa shape index (κ2) is 9.67. The average molecular weight is 452 g/mol. The van der Waals surface area contributed by atoms with Crippen molar-refractivity contribution < 1.29 is 28.9 Å². The third-order valence-electron chi connectivity index (χ3n) is 5.90. The van der Waals surface area contributed by atoms with Crippen LogP contribution in [0.1, 0.15) is 43.9 Å². The van der Waals surface area contributed by atoms with Crippen LogP contribution in [-0.4, -0.2) is 54.2 Å². The highest BCUT2D eigenvalue weighted by Gasteiger charge is 2.47. The van der Waals surface area contributed by atoms with E-state index in [0.717, 1.165) is 12.8 Å². The topological polar surface area (TPSA) is 85.3 Å². The minimum Gasteiger partial charge on any atom is -0.507 e. The normalized spacial score (nSPS) is 22.2. The van der Waals surface area contributed by atoms with Gasteiger partial charge in [0.1, 0.15) is 17.3 Å². The van der Waals surface area contributed by atoms with Crippen molar-refractivity contribution in [1.29, 1.82) is 0 Å². The first kappa shape index (κ1) is 22.9. The number of carbonyl (C=O) groups excluding carboxylic acids is 2. The summed E-state index contributed by atoms with van der Waals surface area (Å²) in [7, 11) is 1.57. The molecule has 0 aliphatic carbocycles. The van der Waals surface area contributed by atoms with E-state index in [2.05, 4.69) is 0 Å². The summed E-state index contributed by atoms with van der Waals surface area (Å²) in [6, 6.07) is 13.3. The van der Waals surface area contributed by atoms with E-state index in [1.54, 1.807) is 43.5 Å². The highest BCUT2D eigenvalue weighted by Crippen LogP contribution is 2.40. The SMILES string of the molecule is COc1ccc(C2/C(=C(/O)c3ccc(OC(C)C)cc3)C(=O)C(=O)N2CC2CCCO2)cc1. The van der Waals surface area contributed by atoms with E-state index in [4.69, 9.17) is 14.2 Å². The molecule has 2 saturated heterocycles. The predicted octanol–water partition coefficient (Wildman–Crippen LogP) is 4.08. The number of Topliss-reactive ketones (excluding diaryl/α,β-unsaturated/α-hetero) is 1. The number of carbonyl (C=O) groups is 2. The van der Waals surface area contributed by atoms with Gasteiger partial charge in [-0.15, -0.1) is 0 Å². The maximum absolute atomic E-state index is 13.1. The van der Waals surface area contributed by atoms with Crippen molar-refractivity contribution in [2.75, 3.05) is 20.3 Å². The highest BCUT2D eigenvalue weighted by atomic mass is 16.5. The van der Waals surface area contributed by atoms with Gasteiger partial charge in [0, 0.05) is 18.7 Å². The van der Waals surface area contributed by atoms with Gasteiger partial charge >= 0.3 is 0 Å². The second-order valence-corrected chi connectivity index (χ2v) is 8.55. The van der Waals surface area contributed by atoms with Crippen molar-refractivity contribution in [2.45, 2.75) is 44.9 Å². The van der Waals surface area contributed by atoms with E-state index in [9.17, 15) is 14.7 Å². The molecule has 0 spiro atoms. The molecule has 0 saturated carbocycles. The third-order valence-corrected chi connectivity index (χ3v) is 5.90. The lowest BCUT2D eigenvalue weighted by Gasteiger charge is -2.27. The van der Waals surface area contributed by atoms with Crippen LogP contribution in [0.2, 0.25) is 0 Å². The molecule has 0 aromatic heterocycles. The summed E-state index contributed by atoms with van der Waals surface area (Å²) in [5.74, 6) is -0.218. The number of hydrogen-bond donors (Lipinski definition) is 1. The lowest BCUT2D eigenvalue weighted by molar-refractivity contribution is -0.140. The molecule has 1 amide bonds. The molecule has 2 aromatic rings. The fourth-order valence-corrected chi connectivity index (χ4v) is 4.33. The van der Waals surface area contributed by atoms with Gasteiger partial charge in [-0.05, 0) is 68.7 Å². The number of benzene rings is 2. The minimum absolute atomic E-state index is 0.0163. The molecular weight excluding hydrogens is 422 g/mol. The van der Waals surface area contributed by atoms with E-state index >= 15 is 0 Å². The number of aliphatic hydroxyl groups is 1. The van der Waals surface area contributed by atoms with Crippen LogP contribution in [0.15, 0.2) is 54.1 Å². The number of methoxy groups -OCH3 is 1. The van der Waals surface area contributed by atoms with Gasteiger partial charge < -0.3 is 24.2 Å². The molecule has 7 nitrogen and oxygen atoms in total. The van der Waals surface area contributed by atoms with Gasteiger partial charge in [-0.3, -0.25) is 9.59 Å². The molecule has 2 aliphatic heterocycles. The third kappa shape index (κ3) is 4.73. The van der Waals surface area contributed by atoms with Crippen LogP contribution in [0.5, 0.6) is 11.5 Å². The molecule has 4 rings (SSSR count). The van der Waals surface area contributed by atoms with Crippen LogP contribution in [0, 0.1) is 0 Å². The number of amides is 1. The Morgan fingerprint density at radius 1 is 1.09 bits per heavy atom. The Morgan fingerprint density at radius 2 is 1.76 bits per heavy atom. The summed E-state index contributed by atoms with van der Waals surface area (Å²) in [6.45, 7) is 4.79. The predicted molar refractivity (Wildman–Crippen MR) is 123 cm³/mol. The number of ether oxygens (including phenoxy) is 3. The minimum atomic E-state index is -0.716. The Morgan fingerprint density at radius 3 is 2.33 bits per heavy atom. The zero-order valence-electron chi connectivity index (χ0n) is 19.1. The van der Waals surface area contributed by atoms with Crippen LogP contribution in [0.3, 0.4) is 0 Å². The molecule has 1 N–H and O–H groups in total. The van der Waals surface area contributed by atoms with Crippen molar-refractivity contribution in [3.8, 4) is 11.5 Å². The lowest BCUT2D eigenvalue weighted by Crippen LogP contribution is -2.36. The van der Waals surface area contributed by atoms with Crippen LogP contribution in [0.25, 0.3) is 5.76 Å². The Hall–Kier alpha value is -3.32. The summed E-state index contributed by atoms with van der Waals surface area (Å²) in [4.78, 5) is 27.7. The summed E-state index contributed by atoms with van der Waals surface area (Å²) < 4.78 is 16.6.